The Morgan fingerprint density at radius 1 is 1.16 bits per heavy atom. The number of aliphatic carboxylic acids is 1. The van der Waals surface area contributed by atoms with Crippen molar-refractivity contribution in [3.63, 3.8) is 0 Å². The number of hydrogen-bond acceptors (Lipinski definition) is 5. The molecule has 0 aromatic heterocycles. The first kappa shape index (κ1) is 19.2. The maximum atomic E-state index is 11.9. The summed E-state index contributed by atoms with van der Waals surface area (Å²) >= 11 is 0. The Labute approximate surface area is 147 Å². The summed E-state index contributed by atoms with van der Waals surface area (Å²) < 4.78 is 5.68. The van der Waals surface area contributed by atoms with Crippen LogP contribution in [0.3, 0.4) is 0 Å². The van der Waals surface area contributed by atoms with Crippen molar-refractivity contribution >= 4 is 11.9 Å². The molecular weight excluding hydrogens is 324 g/mol. The third-order valence-electron chi connectivity index (χ3n) is 4.24. The maximum Gasteiger partial charge on any atom is 0.328 e. The molecule has 7 nitrogen and oxygen atoms in total. The molecule has 0 spiro atoms. The van der Waals surface area contributed by atoms with Crippen LogP contribution in [0.4, 0.5) is 0 Å². The molecule has 1 atom stereocenters. The van der Waals surface area contributed by atoms with Crippen LogP contribution in [0.15, 0.2) is 24.3 Å². The fourth-order valence-corrected chi connectivity index (χ4v) is 2.79. The largest absolute Gasteiger partial charge is 0.494 e. The molecule has 0 saturated carbocycles. The molecule has 138 valence electrons. The highest BCUT2D eigenvalue weighted by Gasteiger charge is 2.19. The molecule has 1 heterocycles. The molecule has 1 saturated heterocycles. The van der Waals surface area contributed by atoms with Crippen LogP contribution in [0.1, 0.15) is 36.0 Å². The molecule has 25 heavy (non-hydrogen) atoms. The summed E-state index contributed by atoms with van der Waals surface area (Å²) in [5, 5.41) is 20.0. The second kappa shape index (κ2) is 10.0. The summed E-state index contributed by atoms with van der Waals surface area (Å²) in [7, 11) is 0. The first-order chi connectivity index (χ1) is 12.1. The molecule has 0 radical (unpaired) electrons. The summed E-state index contributed by atoms with van der Waals surface area (Å²) in [6, 6.07) is 5.21. The maximum absolute atomic E-state index is 11.9. The molecule has 1 amide bonds. The lowest BCUT2D eigenvalue weighted by Gasteiger charge is -2.26. The van der Waals surface area contributed by atoms with Gasteiger partial charge in [0.05, 0.1) is 13.2 Å². The summed E-state index contributed by atoms with van der Waals surface area (Å²) in [4.78, 5) is 25.2. The van der Waals surface area contributed by atoms with Gasteiger partial charge in [-0.2, -0.15) is 0 Å². The first-order valence-electron chi connectivity index (χ1n) is 8.70. The van der Waals surface area contributed by atoms with E-state index in [1.54, 1.807) is 24.3 Å². The van der Waals surface area contributed by atoms with E-state index in [9.17, 15) is 9.59 Å². The Balaban J connectivity index is 1.73. The van der Waals surface area contributed by atoms with Gasteiger partial charge >= 0.3 is 5.97 Å². The molecule has 1 aliphatic rings. The number of hydrogen-bond donors (Lipinski definition) is 3. The zero-order chi connectivity index (χ0) is 18.1. The van der Waals surface area contributed by atoms with E-state index in [0.29, 0.717) is 17.9 Å². The van der Waals surface area contributed by atoms with Gasteiger partial charge in [0.1, 0.15) is 5.75 Å². The minimum Gasteiger partial charge on any atom is -0.494 e. The summed E-state index contributed by atoms with van der Waals surface area (Å²) in [6.07, 6.45) is 4.85. The number of likely N-dealkylation sites (tertiary alicyclic amines) is 1. The number of aliphatic hydroxyl groups excluding tert-OH is 1. The van der Waals surface area contributed by atoms with E-state index in [-0.39, 0.29) is 0 Å². The summed E-state index contributed by atoms with van der Waals surface area (Å²) in [6.45, 7) is 3.36. The van der Waals surface area contributed by atoms with Crippen molar-refractivity contribution in [3.05, 3.63) is 29.8 Å². The molecule has 1 aliphatic heterocycles. The number of carbonyl (C=O) groups excluding carboxylic acids is 1. The number of carbonyl (C=O) groups is 2. The van der Waals surface area contributed by atoms with Gasteiger partial charge in [-0.25, -0.2) is 4.79 Å². The number of rotatable bonds is 9. The average Bonchev–Trinajstić information content (AvgIpc) is 2.64. The van der Waals surface area contributed by atoms with E-state index in [0.717, 1.165) is 13.0 Å². The number of benzene rings is 1. The van der Waals surface area contributed by atoms with Gasteiger partial charge in [0.15, 0.2) is 6.04 Å². The normalized spacial score (nSPS) is 16.2. The van der Waals surface area contributed by atoms with E-state index in [1.165, 1.54) is 32.4 Å². The number of ether oxygens (including phenoxy) is 1. The Kier molecular flexibility index (Phi) is 7.69. The molecule has 0 aliphatic carbocycles. The highest BCUT2D eigenvalue weighted by atomic mass is 16.5. The number of nitrogens with zero attached hydrogens (tertiary/aromatic N) is 1. The Morgan fingerprint density at radius 3 is 2.44 bits per heavy atom. The van der Waals surface area contributed by atoms with Crippen molar-refractivity contribution in [1.29, 1.82) is 0 Å². The zero-order valence-corrected chi connectivity index (χ0v) is 14.3. The Hall–Kier alpha value is -2.12. The summed E-state index contributed by atoms with van der Waals surface area (Å²) in [5.41, 5.74) is 0.320. The van der Waals surface area contributed by atoms with Crippen molar-refractivity contribution in [3.8, 4) is 5.75 Å². The van der Waals surface area contributed by atoms with Gasteiger partial charge in [0, 0.05) is 12.1 Å². The van der Waals surface area contributed by atoms with Crippen molar-refractivity contribution in [2.45, 2.75) is 31.7 Å². The Morgan fingerprint density at radius 2 is 1.84 bits per heavy atom. The predicted octanol–water partition coefficient (Wildman–Crippen LogP) is 1.12. The lowest BCUT2D eigenvalue weighted by Crippen LogP contribution is -2.43. The van der Waals surface area contributed by atoms with Gasteiger partial charge in [-0.1, -0.05) is 6.42 Å². The van der Waals surface area contributed by atoms with Crippen LogP contribution >= 0.6 is 0 Å². The Bertz CT molecular complexity index is 555. The van der Waals surface area contributed by atoms with Crippen LogP contribution < -0.4 is 10.1 Å². The van der Waals surface area contributed by atoms with Crippen LogP contribution in [-0.4, -0.2) is 65.9 Å². The van der Waals surface area contributed by atoms with Crippen LogP contribution in [0.2, 0.25) is 0 Å². The van der Waals surface area contributed by atoms with E-state index in [4.69, 9.17) is 14.9 Å². The topological polar surface area (TPSA) is 99.1 Å². The van der Waals surface area contributed by atoms with Crippen LogP contribution in [0.5, 0.6) is 5.75 Å². The summed E-state index contributed by atoms with van der Waals surface area (Å²) in [5.74, 6) is -1.14. The number of amides is 1. The van der Waals surface area contributed by atoms with Gasteiger partial charge in [-0.05, 0) is 56.6 Å². The quantitative estimate of drug-likeness (QED) is 0.577. The highest BCUT2D eigenvalue weighted by Crippen LogP contribution is 2.13. The first-order valence-corrected chi connectivity index (χ1v) is 8.70. The molecular formula is C18H26N2O5. The third-order valence-corrected chi connectivity index (χ3v) is 4.24. The van der Waals surface area contributed by atoms with Gasteiger partial charge in [0.25, 0.3) is 5.91 Å². The number of aliphatic hydroxyl groups is 1. The monoisotopic (exact) mass is 350 g/mol. The average molecular weight is 350 g/mol. The number of carboxylic acids is 1. The minimum absolute atomic E-state index is 0.320. The smallest absolute Gasteiger partial charge is 0.328 e. The van der Waals surface area contributed by atoms with Crippen molar-refractivity contribution in [1.82, 2.24) is 10.2 Å². The van der Waals surface area contributed by atoms with Gasteiger partial charge < -0.3 is 25.2 Å². The third kappa shape index (κ3) is 6.36. The fourth-order valence-electron chi connectivity index (χ4n) is 2.79. The molecule has 7 heteroatoms. The minimum atomic E-state index is -1.31. The van der Waals surface area contributed by atoms with Gasteiger partial charge in [-0.3, -0.25) is 4.79 Å². The zero-order valence-electron chi connectivity index (χ0n) is 14.3. The molecule has 0 unspecified atom stereocenters. The van der Waals surface area contributed by atoms with Crippen molar-refractivity contribution in [2.75, 3.05) is 32.8 Å². The SMILES string of the molecule is O=C(N[C@@H](CO)C(=O)O)c1ccc(OCCCN2CCCCC2)cc1. The van der Waals surface area contributed by atoms with E-state index in [2.05, 4.69) is 10.2 Å². The molecule has 3 N–H and O–H groups in total. The molecule has 1 aromatic carbocycles. The van der Waals surface area contributed by atoms with E-state index >= 15 is 0 Å². The molecule has 2 rings (SSSR count). The standard InChI is InChI=1S/C18H26N2O5/c21-13-16(18(23)24)19-17(22)14-5-7-15(8-6-14)25-12-4-11-20-9-2-1-3-10-20/h5-8,16,21H,1-4,9-13H2,(H,19,22)(H,23,24)/t16-/m0/s1. The van der Waals surface area contributed by atoms with Crippen molar-refractivity contribution < 1.29 is 24.5 Å². The van der Waals surface area contributed by atoms with Crippen LogP contribution in [0.25, 0.3) is 0 Å². The fraction of sp³-hybridized carbons (Fsp3) is 0.556. The van der Waals surface area contributed by atoms with Crippen LogP contribution in [-0.2, 0) is 4.79 Å². The highest BCUT2D eigenvalue weighted by molar-refractivity contribution is 5.96. The molecule has 1 fully saturated rings. The predicted molar refractivity (Wildman–Crippen MR) is 92.8 cm³/mol. The second-order valence-corrected chi connectivity index (χ2v) is 6.18. The van der Waals surface area contributed by atoms with Gasteiger partial charge in [-0.15, -0.1) is 0 Å². The van der Waals surface area contributed by atoms with E-state index in [1.807, 2.05) is 0 Å². The van der Waals surface area contributed by atoms with Crippen molar-refractivity contribution in [2.24, 2.45) is 0 Å². The number of piperidine rings is 1. The molecule has 1 aromatic rings. The van der Waals surface area contributed by atoms with Crippen LogP contribution in [0, 0.1) is 0 Å². The molecule has 0 bridgehead atoms. The lowest BCUT2D eigenvalue weighted by atomic mass is 10.1. The number of carboxylic acid groups (broad SMARTS) is 1. The lowest BCUT2D eigenvalue weighted by molar-refractivity contribution is -0.140. The second-order valence-electron chi connectivity index (χ2n) is 6.18. The van der Waals surface area contributed by atoms with Gasteiger partial charge in [0.2, 0.25) is 0 Å². The number of nitrogens with one attached hydrogen (secondary N) is 1. The van der Waals surface area contributed by atoms with E-state index < -0.39 is 24.5 Å².